The molecule has 2 rings (SSSR count). The summed E-state index contributed by atoms with van der Waals surface area (Å²) < 4.78 is 0. The zero-order chi connectivity index (χ0) is 9.64. The van der Waals surface area contributed by atoms with Gasteiger partial charge in [0.05, 0.1) is 0 Å². The molecule has 3 N–H and O–H groups in total. The molecule has 0 spiro atoms. The van der Waals surface area contributed by atoms with Crippen LogP contribution in [0.15, 0.2) is 4.99 Å². The third kappa shape index (κ3) is 2.87. The summed E-state index contributed by atoms with van der Waals surface area (Å²) in [5.74, 6) is 1.83. The molecule has 0 atom stereocenters. The highest BCUT2D eigenvalue weighted by atomic mass is 15.2. The number of rotatable bonds is 2. The van der Waals surface area contributed by atoms with Crippen LogP contribution in [-0.4, -0.2) is 38.7 Å². The molecule has 2 aliphatic heterocycles. The minimum atomic E-state index is 0.822. The van der Waals surface area contributed by atoms with Crippen LogP contribution in [0.5, 0.6) is 0 Å². The van der Waals surface area contributed by atoms with E-state index in [4.69, 9.17) is 0 Å². The van der Waals surface area contributed by atoms with Gasteiger partial charge in [0.15, 0.2) is 5.96 Å². The second-order valence-electron chi connectivity index (χ2n) is 4.08. The smallest absolute Gasteiger partial charge is 0.191 e. The zero-order valence-electron chi connectivity index (χ0n) is 8.68. The minimum absolute atomic E-state index is 0.822. The van der Waals surface area contributed by atoms with Crippen molar-refractivity contribution in [2.24, 2.45) is 10.9 Å². The first kappa shape index (κ1) is 9.77. The molecule has 1 saturated heterocycles. The van der Waals surface area contributed by atoms with Gasteiger partial charge in [0.25, 0.3) is 0 Å². The Kier molecular flexibility index (Phi) is 3.63. The molecule has 2 heterocycles. The van der Waals surface area contributed by atoms with Gasteiger partial charge < -0.3 is 16.0 Å². The number of hydrogen-bond acceptors (Lipinski definition) is 4. The van der Waals surface area contributed by atoms with Crippen LogP contribution >= 0.6 is 0 Å². The van der Waals surface area contributed by atoms with Crippen LogP contribution in [0.3, 0.4) is 0 Å². The molecule has 1 fully saturated rings. The highest BCUT2D eigenvalue weighted by Crippen LogP contribution is 2.09. The normalized spacial score (nSPS) is 23.9. The summed E-state index contributed by atoms with van der Waals surface area (Å²) in [4.78, 5) is 4.39. The fraction of sp³-hybridized carbons (Fsp3) is 0.900. The molecule has 0 amide bonds. The number of nitrogens with one attached hydrogen (secondary N) is 3. The molecule has 0 aromatic heterocycles. The Morgan fingerprint density at radius 3 is 2.86 bits per heavy atom. The molecule has 2 aliphatic rings. The maximum absolute atomic E-state index is 4.39. The van der Waals surface area contributed by atoms with Gasteiger partial charge in [0.1, 0.15) is 0 Å². The van der Waals surface area contributed by atoms with E-state index in [1.807, 2.05) is 0 Å². The summed E-state index contributed by atoms with van der Waals surface area (Å²) in [6, 6.07) is 0. The van der Waals surface area contributed by atoms with E-state index >= 15 is 0 Å². The Morgan fingerprint density at radius 1 is 1.29 bits per heavy atom. The number of aliphatic imine (C=N–C) groups is 1. The van der Waals surface area contributed by atoms with Crippen LogP contribution in [0.1, 0.15) is 19.3 Å². The van der Waals surface area contributed by atoms with E-state index in [0.717, 1.165) is 31.5 Å². The standard InChI is InChI=1S/C10H20N4/c1-4-12-10(13-5-1)14-8-9-2-6-11-7-3-9/h9,11H,1-8H2,(H2,12,13,14). The lowest BCUT2D eigenvalue weighted by atomic mass is 9.98. The lowest BCUT2D eigenvalue weighted by molar-refractivity contribution is 0.371. The predicted octanol–water partition coefficient (Wildman–Crippen LogP) is -0.0751. The average molecular weight is 196 g/mol. The van der Waals surface area contributed by atoms with Gasteiger partial charge >= 0.3 is 0 Å². The fourth-order valence-electron chi connectivity index (χ4n) is 1.98. The molecular formula is C10H20N4. The monoisotopic (exact) mass is 196 g/mol. The van der Waals surface area contributed by atoms with E-state index in [9.17, 15) is 0 Å². The maximum atomic E-state index is 4.39. The van der Waals surface area contributed by atoms with E-state index in [1.54, 1.807) is 0 Å². The average Bonchev–Trinajstić information content (AvgIpc) is 2.29. The SMILES string of the molecule is C1CN=C(NCC2CCNCC2)NC1. The number of piperidine rings is 1. The van der Waals surface area contributed by atoms with E-state index in [-0.39, 0.29) is 0 Å². The molecule has 0 aliphatic carbocycles. The molecule has 80 valence electrons. The van der Waals surface area contributed by atoms with Crippen LogP contribution < -0.4 is 16.0 Å². The quantitative estimate of drug-likeness (QED) is 0.579. The Morgan fingerprint density at radius 2 is 2.14 bits per heavy atom. The number of guanidine groups is 1. The molecule has 4 nitrogen and oxygen atoms in total. The van der Waals surface area contributed by atoms with Crippen molar-refractivity contribution in [3.8, 4) is 0 Å². The van der Waals surface area contributed by atoms with Gasteiger partial charge in [0, 0.05) is 19.6 Å². The first-order chi connectivity index (χ1) is 6.95. The number of hydrogen-bond donors (Lipinski definition) is 3. The second kappa shape index (κ2) is 5.20. The van der Waals surface area contributed by atoms with E-state index in [2.05, 4.69) is 20.9 Å². The maximum Gasteiger partial charge on any atom is 0.191 e. The van der Waals surface area contributed by atoms with Crippen LogP contribution in [-0.2, 0) is 0 Å². The Hall–Kier alpha value is -0.770. The van der Waals surface area contributed by atoms with Gasteiger partial charge in [-0.15, -0.1) is 0 Å². The van der Waals surface area contributed by atoms with E-state index in [1.165, 1.54) is 32.4 Å². The topological polar surface area (TPSA) is 48.5 Å². The first-order valence-electron chi connectivity index (χ1n) is 5.68. The van der Waals surface area contributed by atoms with Crippen molar-refractivity contribution in [1.29, 1.82) is 0 Å². The van der Waals surface area contributed by atoms with Crippen molar-refractivity contribution in [3.05, 3.63) is 0 Å². The van der Waals surface area contributed by atoms with Gasteiger partial charge in [-0.25, -0.2) is 0 Å². The fourth-order valence-corrected chi connectivity index (χ4v) is 1.98. The largest absolute Gasteiger partial charge is 0.356 e. The third-order valence-electron chi connectivity index (χ3n) is 2.91. The predicted molar refractivity (Wildman–Crippen MR) is 58.5 cm³/mol. The zero-order valence-corrected chi connectivity index (χ0v) is 8.68. The lowest BCUT2D eigenvalue weighted by Gasteiger charge is -2.24. The van der Waals surface area contributed by atoms with Crippen molar-refractivity contribution in [2.75, 3.05) is 32.7 Å². The van der Waals surface area contributed by atoms with E-state index in [0.29, 0.717) is 0 Å². The Balaban J connectivity index is 1.67. The summed E-state index contributed by atoms with van der Waals surface area (Å²) in [6.45, 7) is 5.46. The number of nitrogens with zero attached hydrogens (tertiary/aromatic N) is 1. The summed E-state index contributed by atoms with van der Waals surface area (Å²) in [6.07, 6.45) is 3.75. The summed E-state index contributed by atoms with van der Waals surface area (Å²) in [7, 11) is 0. The van der Waals surface area contributed by atoms with Crippen LogP contribution in [0, 0.1) is 5.92 Å². The van der Waals surface area contributed by atoms with E-state index < -0.39 is 0 Å². The highest BCUT2D eigenvalue weighted by molar-refractivity contribution is 5.80. The van der Waals surface area contributed by atoms with Crippen LogP contribution in [0.25, 0.3) is 0 Å². The van der Waals surface area contributed by atoms with Crippen molar-refractivity contribution in [3.63, 3.8) is 0 Å². The van der Waals surface area contributed by atoms with Crippen molar-refractivity contribution < 1.29 is 0 Å². The molecule has 0 aromatic carbocycles. The lowest BCUT2D eigenvalue weighted by Crippen LogP contribution is -2.44. The summed E-state index contributed by atoms with van der Waals surface area (Å²) >= 11 is 0. The van der Waals surface area contributed by atoms with Gasteiger partial charge in [0.2, 0.25) is 0 Å². The van der Waals surface area contributed by atoms with Crippen molar-refractivity contribution >= 4 is 5.96 Å². The summed E-state index contributed by atoms with van der Waals surface area (Å²) in [5, 5.41) is 10.1. The minimum Gasteiger partial charge on any atom is -0.356 e. The third-order valence-corrected chi connectivity index (χ3v) is 2.91. The van der Waals surface area contributed by atoms with Crippen molar-refractivity contribution in [2.45, 2.75) is 19.3 Å². The van der Waals surface area contributed by atoms with Crippen molar-refractivity contribution in [1.82, 2.24) is 16.0 Å². The van der Waals surface area contributed by atoms with Gasteiger partial charge in [-0.2, -0.15) is 0 Å². The summed E-state index contributed by atoms with van der Waals surface area (Å²) in [5.41, 5.74) is 0. The molecule has 0 saturated carbocycles. The molecule has 0 aromatic rings. The van der Waals surface area contributed by atoms with Crippen LogP contribution in [0.2, 0.25) is 0 Å². The molecule has 14 heavy (non-hydrogen) atoms. The molecular weight excluding hydrogens is 176 g/mol. The Bertz CT molecular complexity index is 196. The first-order valence-corrected chi connectivity index (χ1v) is 5.68. The highest BCUT2D eigenvalue weighted by Gasteiger charge is 2.13. The van der Waals surface area contributed by atoms with Crippen LogP contribution in [0.4, 0.5) is 0 Å². The Labute approximate surface area is 85.6 Å². The van der Waals surface area contributed by atoms with Gasteiger partial charge in [-0.3, -0.25) is 4.99 Å². The molecule has 0 bridgehead atoms. The second-order valence-corrected chi connectivity index (χ2v) is 4.08. The molecule has 0 radical (unpaired) electrons. The molecule has 4 heteroatoms. The van der Waals surface area contributed by atoms with Gasteiger partial charge in [-0.05, 0) is 38.3 Å². The van der Waals surface area contributed by atoms with Gasteiger partial charge in [-0.1, -0.05) is 0 Å². The molecule has 0 unspecified atom stereocenters.